The Morgan fingerprint density at radius 2 is 2.19 bits per heavy atom. The van der Waals surface area contributed by atoms with Crippen molar-refractivity contribution in [2.75, 3.05) is 25.5 Å². The molecule has 116 valence electrons. The first-order chi connectivity index (χ1) is 10.1. The number of nitrogens with one attached hydrogen (secondary N) is 3. The molecule has 0 fully saturated rings. The molecular weight excluding hydrogens is 294 g/mol. The molecule has 0 spiro atoms. The van der Waals surface area contributed by atoms with Crippen molar-refractivity contribution in [2.24, 2.45) is 0 Å². The number of rotatable bonds is 9. The van der Waals surface area contributed by atoms with Crippen LogP contribution >= 0.6 is 11.6 Å². The van der Waals surface area contributed by atoms with Crippen LogP contribution in [-0.4, -0.2) is 42.3 Å². The van der Waals surface area contributed by atoms with Crippen LogP contribution in [0.4, 0.5) is 5.69 Å². The van der Waals surface area contributed by atoms with Crippen LogP contribution in [0.2, 0.25) is 5.28 Å². The molecular formula is C13H20ClN5O2. The fourth-order valence-corrected chi connectivity index (χ4v) is 1.81. The Kier molecular flexibility index (Phi) is 7.45. The number of carbonyl (C=O) groups is 1. The second-order valence-corrected chi connectivity index (χ2v) is 4.62. The zero-order valence-corrected chi connectivity index (χ0v) is 13.0. The summed E-state index contributed by atoms with van der Waals surface area (Å²) >= 11 is 5.74. The molecule has 7 nitrogen and oxygen atoms in total. The van der Waals surface area contributed by atoms with E-state index >= 15 is 0 Å². The van der Waals surface area contributed by atoms with Gasteiger partial charge in [-0.2, -0.15) is 4.98 Å². The number of ether oxygens (including phenoxy) is 1. The van der Waals surface area contributed by atoms with Crippen molar-refractivity contribution in [3.63, 3.8) is 0 Å². The van der Waals surface area contributed by atoms with Crippen LogP contribution in [-0.2, 0) is 4.79 Å². The molecule has 21 heavy (non-hydrogen) atoms. The third-order valence-corrected chi connectivity index (χ3v) is 2.88. The number of hydrogen-bond acceptors (Lipinski definition) is 6. The number of methoxy groups -OCH3 is 1. The summed E-state index contributed by atoms with van der Waals surface area (Å²) in [5, 5.41) is 13.2. The Morgan fingerprint density at radius 3 is 2.81 bits per heavy atom. The van der Waals surface area contributed by atoms with E-state index in [0.29, 0.717) is 30.9 Å². The molecule has 0 saturated heterocycles. The molecule has 1 aromatic rings. The summed E-state index contributed by atoms with van der Waals surface area (Å²) in [7, 11) is 1.45. The van der Waals surface area contributed by atoms with Gasteiger partial charge in [-0.15, -0.1) is 0 Å². The van der Waals surface area contributed by atoms with Crippen LogP contribution in [0.25, 0.3) is 0 Å². The third kappa shape index (κ3) is 5.55. The zero-order valence-electron chi connectivity index (χ0n) is 12.2. The molecule has 0 bridgehead atoms. The minimum Gasteiger partial charge on any atom is -0.479 e. The molecule has 0 atom stereocenters. The lowest BCUT2D eigenvalue weighted by Gasteiger charge is -2.12. The van der Waals surface area contributed by atoms with Gasteiger partial charge in [0.15, 0.2) is 0 Å². The van der Waals surface area contributed by atoms with E-state index in [4.69, 9.17) is 21.7 Å². The topological polar surface area (TPSA) is 100.0 Å². The van der Waals surface area contributed by atoms with Crippen molar-refractivity contribution >= 4 is 29.4 Å². The SMILES string of the molecule is CCCCNC(=O)CCNc1c(C=N)nc(Cl)nc1OC. The summed E-state index contributed by atoms with van der Waals surface area (Å²) < 4.78 is 5.10. The lowest BCUT2D eigenvalue weighted by molar-refractivity contribution is -0.120. The fraction of sp³-hybridized carbons (Fsp3) is 0.538. The van der Waals surface area contributed by atoms with Gasteiger partial charge in [-0.1, -0.05) is 13.3 Å². The predicted octanol–water partition coefficient (Wildman–Crippen LogP) is 1.85. The monoisotopic (exact) mass is 313 g/mol. The first-order valence-electron chi connectivity index (χ1n) is 6.75. The Labute approximate surface area is 129 Å². The van der Waals surface area contributed by atoms with Crippen molar-refractivity contribution in [3.8, 4) is 5.88 Å². The highest BCUT2D eigenvalue weighted by molar-refractivity contribution is 6.28. The van der Waals surface area contributed by atoms with E-state index < -0.39 is 0 Å². The Hall–Kier alpha value is -1.89. The minimum absolute atomic E-state index is 0.00760. The maximum absolute atomic E-state index is 11.6. The van der Waals surface area contributed by atoms with E-state index in [1.807, 2.05) is 0 Å². The van der Waals surface area contributed by atoms with E-state index in [1.54, 1.807) is 0 Å². The van der Waals surface area contributed by atoms with Crippen LogP contribution in [0.1, 0.15) is 31.9 Å². The number of hydrogen-bond donors (Lipinski definition) is 3. The van der Waals surface area contributed by atoms with Gasteiger partial charge in [0.25, 0.3) is 0 Å². The highest BCUT2D eigenvalue weighted by Crippen LogP contribution is 2.25. The maximum atomic E-state index is 11.6. The van der Waals surface area contributed by atoms with Gasteiger partial charge in [0.2, 0.25) is 17.1 Å². The molecule has 1 heterocycles. The lowest BCUT2D eigenvalue weighted by atomic mass is 10.3. The number of halogens is 1. The molecule has 0 radical (unpaired) electrons. The molecule has 0 aliphatic heterocycles. The Bertz CT molecular complexity index is 496. The second kappa shape index (κ2) is 9.12. The van der Waals surface area contributed by atoms with E-state index in [2.05, 4.69) is 27.5 Å². The predicted molar refractivity (Wildman–Crippen MR) is 82.5 cm³/mol. The van der Waals surface area contributed by atoms with Crippen molar-refractivity contribution < 1.29 is 9.53 Å². The first-order valence-corrected chi connectivity index (χ1v) is 7.12. The van der Waals surface area contributed by atoms with Crippen molar-refractivity contribution in [1.82, 2.24) is 15.3 Å². The Morgan fingerprint density at radius 1 is 1.43 bits per heavy atom. The highest BCUT2D eigenvalue weighted by Gasteiger charge is 2.13. The molecule has 1 amide bonds. The van der Waals surface area contributed by atoms with Crippen molar-refractivity contribution in [1.29, 1.82) is 5.41 Å². The number of aromatic nitrogens is 2. The lowest BCUT2D eigenvalue weighted by Crippen LogP contribution is -2.26. The van der Waals surface area contributed by atoms with Gasteiger partial charge < -0.3 is 20.8 Å². The Balaban J connectivity index is 2.58. The number of nitrogens with zero attached hydrogens (tertiary/aromatic N) is 2. The van der Waals surface area contributed by atoms with E-state index in [0.717, 1.165) is 19.1 Å². The van der Waals surface area contributed by atoms with Crippen LogP contribution in [0, 0.1) is 5.41 Å². The number of carbonyl (C=O) groups excluding carboxylic acids is 1. The summed E-state index contributed by atoms with van der Waals surface area (Å²) in [5.74, 6) is 0.223. The second-order valence-electron chi connectivity index (χ2n) is 4.29. The summed E-state index contributed by atoms with van der Waals surface area (Å²) in [5.41, 5.74) is 0.775. The normalized spacial score (nSPS) is 10.0. The maximum Gasteiger partial charge on any atom is 0.242 e. The first kappa shape index (κ1) is 17.2. The van der Waals surface area contributed by atoms with Gasteiger partial charge >= 0.3 is 0 Å². The average Bonchev–Trinajstić information content (AvgIpc) is 2.48. The number of unbranched alkanes of at least 4 members (excludes halogenated alkanes) is 1. The molecule has 0 aliphatic carbocycles. The van der Waals surface area contributed by atoms with Crippen LogP contribution in [0.15, 0.2) is 0 Å². The van der Waals surface area contributed by atoms with Gasteiger partial charge in [0.05, 0.1) is 7.11 Å². The van der Waals surface area contributed by atoms with Crippen LogP contribution < -0.4 is 15.4 Å². The molecule has 1 rings (SSSR count). The minimum atomic E-state index is -0.0267. The summed E-state index contributed by atoms with van der Waals surface area (Å²) in [4.78, 5) is 19.4. The van der Waals surface area contributed by atoms with Crippen molar-refractivity contribution in [2.45, 2.75) is 26.2 Å². The van der Waals surface area contributed by atoms with Gasteiger partial charge in [-0.05, 0) is 18.0 Å². The molecule has 0 saturated carbocycles. The fourth-order valence-electron chi connectivity index (χ4n) is 1.64. The highest BCUT2D eigenvalue weighted by atomic mass is 35.5. The standard InChI is InChI=1S/C13H20ClN5O2/c1-3-4-6-16-10(20)5-7-17-11-9(8-15)18-13(14)19-12(11)21-2/h8,15,17H,3-7H2,1-2H3,(H,16,20). The van der Waals surface area contributed by atoms with E-state index in [1.165, 1.54) is 7.11 Å². The summed E-state index contributed by atoms with van der Waals surface area (Å²) in [6.07, 6.45) is 3.38. The number of anilines is 1. The van der Waals surface area contributed by atoms with E-state index in [9.17, 15) is 4.79 Å². The molecule has 3 N–H and O–H groups in total. The molecule has 0 aliphatic rings. The smallest absolute Gasteiger partial charge is 0.242 e. The van der Waals surface area contributed by atoms with Gasteiger partial charge in [-0.3, -0.25) is 4.79 Å². The van der Waals surface area contributed by atoms with E-state index in [-0.39, 0.29) is 17.1 Å². The average molecular weight is 314 g/mol. The molecule has 0 aromatic carbocycles. The molecule has 1 aromatic heterocycles. The van der Waals surface area contributed by atoms with Crippen LogP contribution in [0.3, 0.4) is 0 Å². The van der Waals surface area contributed by atoms with Gasteiger partial charge in [-0.25, -0.2) is 4.98 Å². The quantitative estimate of drug-likeness (QED) is 0.367. The summed E-state index contributed by atoms with van der Waals surface area (Å²) in [6, 6.07) is 0. The van der Waals surface area contributed by atoms with Crippen molar-refractivity contribution in [3.05, 3.63) is 11.0 Å². The molecule has 8 heteroatoms. The van der Waals surface area contributed by atoms with Gasteiger partial charge in [0, 0.05) is 25.7 Å². The van der Waals surface area contributed by atoms with Crippen LogP contribution in [0.5, 0.6) is 5.88 Å². The number of amides is 1. The summed E-state index contributed by atoms with van der Waals surface area (Å²) in [6.45, 7) is 3.15. The largest absolute Gasteiger partial charge is 0.479 e. The van der Waals surface area contributed by atoms with Gasteiger partial charge in [0.1, 0.15) is 11.4 Å². The molecule has 0 unspecified atom stereocenters. The zero-order chi connectivity index (χ0) is 15.7. The third-order valence-electron chi connectivity index (χ3n) is 2.71.